The minimum Gasteiger partial charge on any atom is -0.465 e. The fraction of sp³-hybridized carbons (Fsp3) is 0. The van der Waals surface area contributed by atoms with Gasteiger partial charge >= 0.3 is 6.09 Å². The van der Waals surface area contributed by atoms with Crippen LogP contribution < -0.4 is 5.32 Å². The van der Waals surface area contributed by atoms with E-state index in [0.717, 1.165) is 18.2 Å². The van der Waals surface area contributed by atoms with Gasteiger partial charge < -0.3 is 5.11 Å². The number of halogens is 2. The number of rotatable bonds is 2. The molecule has 118 valence electrons. The van der Waals surface area contributed by atoms with Crippen molar-refractivity contribution in [3.05, 3.63) is 72.6 Å². The van der Waals surface area contributed by atoms with Crippen LogP contribution >= 0.6 is 0 Å². The number of H-pyrrole nitrogens is 1. The molecule has 0 unspecified atom stereocenters. The van der Waals surface area contributed by atoms with Gasteiger partial charge in [-0.15, -0.1) is 0 Å². The summed E-state index contributed by atoms with van der Waals surface area (Å²) in [7, 11) is 0. The second-order valence-electron chi connectivity index (χ2n) is 4.37. The zero-order valence-electron chi connectivity index (χ0n) is 11.8. The highest BCUT2D eigenvalue weighted by Gasteiger charge is 2.11. The van der Waals surface area contributed by atoms with E-state index in [9.17, 15) is 13.6 Å². The number of carbonyl (C=O) groups is 1. The fourth-order valence-corrected chi connectivity index (χ4v) is 1.86. The predicted octanol–water partition coefficient (Wildman–Crippen LogP) is 4.13. The van der Waals surface area contributed by atoms with Gasteiger partial charge in [0, 0.05) is 23.5 Å². The van der Waals surface area contributed by atoms with Crippen molar-refractivity contribution in [2.24, 2.45) is 0 Å². The van der Waals surface area contributed by atoms with E-state index in [2.05, 4.69) is 15.5 Å². The van der Waals surface area contributed by atoms with Crippen LogP contribution in [0.5, 0.6) is 0 Å². The van der Waals surface area contributed by atoms with Crippen LogP contribution in [0.4, 0.5) is 19.3 Å². The third-order valence-electron chi connectivity index (χ3n) is 2.79. The lowest BCUT2D eigenvalue weighted by molar-refractivity contribution is 0.210. The maximum atomic E-state index is 13.6. The van der Waals surface area contributed by atoms with Crippen molar-refractivity contribution in [2.45, 2.75) is 0 Å². The number of hydrogen-bond donors (Lipinski definition) is 3. The lowest BCUT2D eigenvalue weighted by atomic mass is 10.0. The Morgan fingerprint density at radius 2 is 1.87 bits per heavy atom. The fourth-order valence-electron chi connectivity index (χ4n) is 1.86. The number of aromatic nitrogens is 2. The van der Waals surface area contributed by atoms with E-state index in [4.69, 9.17) is 5.11 Å². The zero-order chi connectivity index (χ0) is 16.7. The Hall–Kier alpha value is -3.22. The summed E-state index contributed by atoms with van der Waals surface area (Å²) in [5.41, 5.74) is 0.505. The summed E-state index contributed by atoms with van der Waals surface area (Å²) in [4.78, 5) is 10.6. The van der Waals surface area contributed by atoms with Crippen LogP contribution in [0.15, 0.2) is 60.9 Å². The first-order chi connectivity index (χ1) is 11.1. The Kier molecular flexibility index (Phi) is 5.40. The van der Waals surface area contributed by atoms with E-state index in [1.54, 1.807) is 24.5 Å². The Morgan fingerprint density at radius 3 is 2.48 bits per heavy atom. The first kappa shape index (κ1) is 16.2. The number of nitrogens with zero attached hydrogens (tertiary/aromatic N) is 1. The summed E-state index contributed by atoms with van der Waals surface area (Å²) in [5.74, 6) is -1.20. The molecule has 2 aromatic carbocycles. The number of para-hydroxylation sites is 1. The standard InChI is InChI=1S/C13H9F2NO2.C3H4N2/c14-8-5-6-11(15)10(7-8)9-3-1-2-4-12(9)16-13(17)18;1-2-4-5-3-1/h1-7,16H,(H,17,18);1-3H,(H,4,5). The summed E-state index contributed by atoms with van der Waals surface area (Å²) in [6.07, 6.45) is 2.19. The molecule has 3 rings (SSSR count). The molecule has 1 heterocycles. The van der Waals surface area contributed by atoms with Crippen molar-refractivity contribution in [1.29, 1.82) is 0 Å². The summed E-state index contributed by atoms with van der Waals surface area (Å²) in [6, 6.07) is 11.1. The summed E-state index contributed by atoms with van der Waals surface area (Å²) in [5, 5.41) is 17.0. The van der Waals surface area contributed by atoms with Crippen LogP contribution in [0.3, 0.4) is 0 Å². The molecule has 1 aromatic heterocycles. The lowest BCUT2D eigenvalue weighted by Crippen LogP contribution is -2.08. The molecule has 0 radical (unpaired) electrons. The van der Waals surface area contributed by atoms with Gasteiger partial charge in [0.15, 0.2) is 0 Å². The topological polar surface area (TPSA) is 78.0 Å². The number of nitrogens with one attached hydrogen (secondary N) is 2. The van der Waals surface area contributed by atoms with Gasteiger partial charge in [-0.3, -0.25) is 10.4 Å². The molecular formula is C16H13F2N3O2. The van der Waals surface area contributed by atoms with Gasteiger partial charge in [-0.2, -0.15) is 5.10 Å². The van der Waals surface area contributed by atoms with Gasteiger partial charge in [0.2, 0.25) is 0 Å². The van der Waals surface area contributed by atoms with E-state index < -0.39 is 17.7 Å². The van der Waals surface area contributed by atoms with E-state index in [-0.39, 0.29) is 16.8 Å². The Bertz CT molecular complexity index is 760. The Labute approximate surface area is 130 Å². The molecule has 0 saturated heterocycles. The number of hydrogen-bond acceptors (Lipinski definition) is 2. The van der Waals surface area contributed by atoms with Crippen molar-refractivity contribution in [2.75, 3.05) is 5.32 Å². The van der Waals surface area contributed by atoms with Crippen LogP contribution in [0.1, 0.15) is 0 Å². The zero-order valence-corrected chi connectivity index (χ0v) is 11.8. The van der Waals surface area contributed by atoms with E-state index in [1.807, 2.05) is 6.07 Å². The maximum Gasteiger partial charge on any atom is 0.409 e. The Morgan fingerprint density at radius 1 is 1.09 bits per heavy atom. The molecule has 0 bridgehead atoms. The van der Waals surface area contributed by atoms with Crippen molar-refractivity contribution >= 4 is 11.8 Å². The lowest BCUT2D eigenvalue weighted by Gasteiger charge is -2.10. The number of amides is 1. The third kappa shape index (κ3) is 4.63. The number of benzene rings is 2. The summed E-state index contributed by atoms with van der Waals surface area (Å²) >= 11 is 0. The summed E-state index contributed by atoms with van der Waals surface area (Å²) in [6.45, 7) is 0. The number of aromatic amines is 1. The molecule has 1 amide bonds. The average molecular weight is 317 g/mol. The minimum atomic E-state index is -1.26. The molecule has 3 N–H and O–H groups in total. The van der Waals surface area contributed by atoms with Crippen molar-refractivity contribution in [1.82, 2.24) is 10.2 Å². The molecule has 0 aliphatic rings. The van der Waals surface area contributed by atoms with Gasteiger partial charge in [0.1, 0.15) is 11.6 Å². The highest BCUT2D eigenvalue weighted by molar-refractivity contribution is 5.90. The van der Waals surface area contributed by atoms with Gasteiger partial charge in [0.05, 0.1) is 5.69 Å². The van der Waals surface area contributed by atoms with E-state index in [1.165, 1.54) is 12.1 Å². The number of carboxylic acid groups (broad SMARTS) is 1. The largest absolute Gasteiger partial charge is 0.465 e. The maximum absolute atomic E-state index is 13.6. The van der Waals surface area contributed by atoms with Crippen LogP contribution in [-0.2, 0) is 0 Å². The number of anilines is 1. The SMILES string of the molecule is O=C(O)Nc1ccccc1-c1cc(F)ccc1F.c1cn[nH]c1. The van der Waals surface area contributed by atoms with E-state index in [0.29, 0.717) is 0 Å². The molecule has 23 heavy (non-hydrogen) atoms. The smallest absolute Gasteiger partial charge is 0.409 e. The molecular weight excluding hydrogens is 304 g/mol. The highest BCUT2D eigenvalue weighted by Crippen LogP contribution is 2.30. The van der Waals surface area contributed by atoms with Gasteiger partial charge in [-0.25, -0.2) is 13.6 Å². The predicted molar refractivity (Wildman–Crippen MR) is 82.0 cm³/mol. The van der Waals surface area contributed by atoms with Crippen LogP contribution in [-0.4, -0.2) is 21.4 Å². The molecule has 3 aromatic rings. The Balaban J connectivity index is 0.000000326. The quantitative estimate of drug-likeness (QED) is 0.665. The normalized spacial score (nSPS) is 9.65. The molecule has 0 fully saturated rings. The molecule has 7 heteroatoms. The van der Waals surface area contributed by atoms with E-state index >= 15 is 0 Å². The third-order valence-corrected chi connectivity index (χ3v) is 2.79. The molecule has 5 nitrogen and oxygen atoms in total. The molecule has 0 atom stereocenters. The summed E-state index contributed by atoms with van der Waals surface area (Å²) < 4.78 is 26.8. The molecule has 0 saturated carbocycles. The average Bonchev–Trinajstić information content (AvgIpc) is 3.09. The van der Waals surface area contributed by atoms with Crippen molar-refractivity contribution in [3.8, 4) is 11.1 Å². The second kappa shape index (κ2) is 7.69. The first-order valence-electron chi connectivity index (χ1n) is 6.56. The van der Waals surface area contributed by atoms with Gasteiger partial charge in [0.25, 0.3) is 0 Å². The molecule has 0 aliphatic heterocycles. The highest BCUT2D eigenvalue weighted by atomic mass is 19.1. The van der Waals surface area contributed by atoms with Crippen molar-refractivity contribution in [3.63, 3.8) is 0 Å². The van der Waals surface area contributed by atoms with Crippen molar-refractivity contribution < 1.29 is 18.7 Å². The van der Waals surface area contributed by atoms with Crippen LogP contribution in [0.25, 0.3) is 11.1 Å². The monoisotopic (exact) mass is 317 g/mol. The first-order valence-corrected chi connectivity index (χ1v) is 6.56. The van der Waals surface area contributed by atoms with Gasteiger partial charge in [-0.1, -0.05) is 18.2 Å². The van der Waals surface area contributed by atoms with Gasteiger partial charge in [-0.05, 0) is 30.3 Å². The molecule has 0 aliphatic carbocycles. The van der Waals surface area contributed by atoms with Crippen LogP contribution in [0, 0.1) is 11.6 Å². The minimum absolute atomic E-state index is 0.0133. The molecule has 0 spiro atoms. The second-order valence-corrected chi connectivity index (χ2v) is 4.37. The van der Waals surface area contributed by atoms with Crippen LogP contribution in [0.2, 0.25) is 0 Å².